The summed E-state index contributed by atoms with van der Waals surface area (Å²) in [6.07, 6.45) is 8.88. The van der Waals surface area contributed by atoms with Crippen molar-refractivity contribution >= 4 is 10.1 Å². The van der Waals surface area contributed by atoms with E-state index in [9.17, 15) is 26.7 Å². The molecular weight excluding hydrogens is 453 g/mol. The maximum atomic E-state index is 13.0. The molecular formula is C25H25F3O4S. The molecule has 0 radical (unpaired) electrons. The van der Waals surface area contributed by atoms with Crippen molar-refractivity contribution in [2.45, 2.75) is 69.2 Å². The van der Waals surface area contributed by atoms with Crippen LogP contribution in [0, 0.1) is 11.3 Å². The molecule has 0 aromatic heterocycles. The topological polar surface area (TPSA) is 63.6 Å². The van der Waals surface area contributed by atoms with Gasteiger partial charge >= 0.3 is 15.6 Å². The van der Waals surface area contributed by atoms with Crippen molar-refractivity contribution in [2.24, 2.45) is 11.3 Å². The van der Waals surface area contributed by atoms with Gasteiger partial charge in [-0.3, -0.25) is 0 Å². The van der Waals surface area contributed by atoms with Crippen LogP contribution < -0.4 is 4.18 Å². The first kappa shape index (κ1) is 21.3. The summed E-state index contributed by atoms with van der Waals surface area (Å²) in [7, 11) is -5.73. The van der Waals surface area contributed by atoms with Crippen molar-refractivity contribution in [3.05, 3.63) is 46.5 Å². The molecule has 2 aromatic carbocycles. The van der Waals surface area contributed by atoms with Crippen LogP contribution in [0.2, 0.25) is 0 Å². The van der Waals surface area contributed by atoms with Crippen molar-refractivity contribution in [3.8, 4) is 22.6 Å². The number of rotatable bonds is 3. The van der Waals surface area contributed by atoms with Gasteiger partial charge in [-0.05, 0) is 102 Å². The van der Waals surface area contributed by atoms with E-state index in [0.29, 0.717) is 23.7 Å². The normalized spacial score (nSPS) is 24.9. The Morgan fingerprint density at radius 2 is 1.64 bits per heavy atom. The smallest absolute Gasteiger partial charge is 0.508 e. The summed E-state index contributed by atoms with van der Waals surface area (Å²) >= 11 is 0. The highest BCUT2D eigenvalue weighted by Crippen LogP contribution is 2.58. The Morgan fingerprint density at radius 1 is 0.939 bits per heavy atom. The minimum Gasteiger partial charge on any atom is -0.508 e. The fourth-order valence-electron chi connectivity index (χ4n) is 6.84. The van der Waals surface area contributed by atoms with Crippen molar-refractivity contribution in [1.82, 2.24) is 0 Å². The molecule has 0 bridgehead atoms. The van der Waals surface area contributed by atoms with E-state index in [1.807, 2.05) is 6.07 Å². The molecule has 4 aliphatic carbocycles. The second kappa shape index (κ2) is 6.90. The third kappa shape index (κ3) is 3.12. The molecule has 2 aromatic rings. The van der Waals surface area contributed by atoms with E-state index in [1.165, 1.54) is 18.9 Å². The lowest BCUT2D eigenvalue weighted by molar-refractivity contribution is -0.0500. The summed E-state index contributed by atoms with van der Waals surface area (Å²) in [4.78, 5) is 0. The van der Waals surface area contributed by atoms with Gasteiger partial charge in [-0.2, -0.15) is 21.6 Å². The summed E-state index contributed by atoms with van der Waals surface area (Å²) in [6, 6.07) is 6.73. The zero-order chi connectivity index (χ0) is 23.2. The van der Waals surface area contributed by atoms with Crippen LogP contribution in [0.25, 0.3) is 11.1 Å². The maximum absolute atomic E-state index is 13.0. The van der Waals surface area contributed by atoms with Crippen LogP contribution in [-0.4, -0.2) is 19.0 Å². The van der Waals surface area contributed by atoms with Gasteiger partial charge in [-0.1, -0.05) is 25.0 Å². The van der Waals surface area contributed by atoms with Gasteiger partial charge < -0.3 is 9.29 Å². The molecule has 33 heavy (non-hydrogen) atoms. The summed E-state index contributed by atoms with van der Waals surface area (Å²) in [6.45, 7) is 0. The van der Waals surface area contributed by atoms with E-state index in [4.69, 9.17) is 0 Å². The molecule has 0 amide bonds. The van der Waals surface area contributed by atoms with Gasteiger partial charge in [-0.15, -0.1) is 0 Å². The second-order valence-electron chi connectivity index (χ2n) is 10.3. The van der Waals surface area contributed by atoms with E-state index >= 15 is 0 Å². The van der Waals surface area contributed by atoms with Crippen LogP contribution >= 0.6 is 0 Å². The van der Waals surface area contributed by atoms with Crippen LogP contribution in [0.5, 0.6) is 11.5 Å². The van der Waals surface area contributed by atoms with E-state index in [2.05, 4.69) is 4.18 Å². The number of fused-ring (bicyclic) bond motifs is 4. The fraction of sp³-hybridized carbons (Fsp3) is 0.520. The zero-order valence-corrected chi connectivity index (χ0v) is 18.9. The second-order valence-corrected chi connectivity index (χ2v) is 11.8. The first-order valence-electron chi connectivity index (χ1n) is 11.6. The quantitative estimate of drug-likeness (QED) is 0.434. The lowest BCUT2D eigenvalue weighted by atomic mass is 9.72. The summed E-state index contributed by atoms with van der Waals surface area (Å²) in [5, 5.41) is 10.6. The van der Waals surface area contributed by atoms with Gasteiger partial charge in [0, 0.05) is 5.56 Å². The van der Waals surface area contributed by atoms with Crippen LogP contribution in [0.15, 0.2) is 24.3 Å². The number of phenols is 1. The van der Waals surface area contributed by atoms with Crippen molar-refractivity contribution in [3.63, 3.8) is 0 Å². The Hall–Kier alpha value is -2.22. The standard InChI is InChI=1S/C25H25F3O4S/c26-25(27,28)33(30,31)32-22-8-6-17(23-15-4-3-14(15)11-18(22)23)16-5-7-21(29)20-13-24(12-19(16)20)9-1-2-10-24/h5-8,14-15,29H,1-4,9-13H2. The highest BCUT2D eigenvalue weighted by molar-refractivity contribution is 7.88. The number of hydrogen-bond acceptors (Lipinski definition) is 4. The number of benzene rings is 2. The average molecular weight is 479 g/mol. The number of phenolic OH excluding ortho intramolecular Hbond substituents is 1. The monoisotopic (exact) mass is 478 g/mol. The summed E-state index contributed by atoms with van der Waals surface area (Å²) in [5.41, 5.74) is 0.334. The van der Waals surface area contributed by atoms with Gasteiger partial charge in [0.05, 0.1) is 0 Å². The molecule has 0 saturated heterocycles. The lowest BCUT2D eigenvalue weighted by Gasteiger charge is -2.32. The van der Waals surface area contributed by atoms with E-state index in [1.54, 1.807) is 12.1 Å². The maximum Gasteiger partial charge on any atom is 0.534 e. The van der Waals surface area contributed by atoms with Crippen LogP contribution in [0.3, 0.4) is 0 Å². The summed E-state index contributed by atoms with van der Waals surface area (Å²) < 4.78 is 67.0. The van der Waals surface area contributed by atoms with Gasteiger partial charge in [0.1, 0.15) is 11.5 Å². The Bertz CT molecular complexity index is 1260. The van der Waals surface area contributed by atoms with Crippen molar-refractivity contribution in [1.29, 1.82) is 0 Å². The number of aromatic hydroxyl groups is 1. The van der Waals surface area contributed by atoms with Gasteiger partial charge in [0.2, 0.25) is 0 Å². The minimum absolute atomic E-state index is 0.196. The molecule has 0 aliphatic heterocycles. The van der Waals surface area contributed by atoms with Crippen LogP contribution in [-0.2, 0) is 29.4 Å². The first-order valence-corrected chi connectivity index (χ1v) is 13.0. The molecule has 2 unspecified atom stereocenters. The average Bonchev–Trinajstić information content (AvgIpc) is 3.40. The molecule has 1 N–H and O–H groups in total. The Labute approximate surface area is 190 Å². The minimum atomic E-state index is -5.73. The Morgan fingerprint density at radius 3 is 2.30 bits per heavy atom. The van der Waals surface area contributed by atoms with E-state index in [0.717, 1.165) is 66.3 Å². The third-order valence-corrected chi connectivity index (χ3v) is 9.48. The van der Waals surface area contributed by atoms with E-state index < -0.39 is 15.6 Å². The highest BCUT2D eigenvalue weighted by Gasteiger charge is 2.50. The predicted molar refractivity (Wildman–Crippen MR) is 117 cm³/mol. The number of alkyl halides is 3. The Balaban J connectivity index is 1.48. The SMILES string of the molecule is O=S(=O)(Oc1ccc(-c2ccc(O)c3c2CC2(CCCC2)C3)c2c1CC1CCC21)C(F)(F)F. The van der Waals surface area contributed by atoms with Crippen molar-refractivity contribution < 1.29 is 30.9 Å². The van der Waals surface area contributed by atoms with Gasteiger partial charge in [0.15, 0.2) is 0 Å². The van der Waals surface area contributed by atoms with Gasteiger partial charge in [0.25, 0.3) is 0 Å². The van der Waals surface area contributed by atoms with Crippen LogP contribution in [0.4, 0.5) is 13.2 Å². The van der Waals surface area contributed by atoms with Crippen LogP contribution in [0.1, 0.15) is 66.7 Å². The van der Waals surface area contributed by atoms with Gasteiger partial charge in [-0.25, -0.2) is 0 Å². The molecule has 8 heteroatoms. The molecule has 4 aliphatic rings. The lowest BCUT2D eigenvalue weighted by Crippen LogP contribution is -2.28. The van der Waals surface area contributed by atoms with Crippen molar-refractivity contribution in [2.75, 3.05) is 0 Å². The first-order chi connectivity index (χ1) is 15.6. The molecule has 2 fully saturated rings. The van der Waals surface area contributed by atoms with E-state index in [-0.39, 0.29) is 17.1 Å². The fourth-order valence-corrected chi connectivity index (χ4v) is 7.32. The molecule has 176 valence electrons. The molecule has 2 saturated carbocycles. The Kier molecular flexibility index (Phi) is 4.46. The largest absolute Gasteiger partial charge is 0.534 e. The highest BCUT2D eigenvalue weighted by atomic mass is 32.2. The molecule has 2 atom stereocenters. The number of halogens is 3. The number of hydrogen-bond donors (Lipinski definition) is 1. The molecule has 6 rings (SSSR count). The zero-order valence-electron chi connectivity index (χ0n) is 18.0. The molecule has 1 spiro atoms. The molecule has 4 nitrogen and oxygen atoms in total. The predicted octanol–water partition coefficient (Wildman–Crippen LogP) is 6.00. The third-order valence-electron chi connectivity index (χ3n) is 8.52. The molecule has 0 heterocycles. The summed E-state index contributed by atoms with van der Waals surface area (Å²) in [5.74, 6) is 0.622.